The zero-order chi connectivity index (χ0) is 32.8. The van der Waals surface area contributed by atoms with Crippen molar-refractivity contribution in [2.75, 3.05) is 0 Å². The van der Waals surface area contributed by atoms with E-state index in [0.717, 1.165) is 22.3 Å². The van der Waals surface area contributed by atoms with Gasteiger partial charge in [0.15, 0.2) is 0 Å². The molecule has 2 aromatic rings. The number of sulfone groups is 1. The van der Waals surface area contributed by atoms with Crippen LogP contribution in [0.4, 0.5) is 0 Å². The minimum absolute atomic E-state index is 0.195. The minimum atomic E-state index is -3.71. The fourth-order valence-electron chi connectivity index (χ4n) is 7.12. The predicted molar refractivity (Wildman–Crippen MR) is 192 cm³/mol. The van der Waals surface area contributed by atoms with Crippen LogP contribution in [0.5, 0.6) is 0 Å². The van der Waals surface area contributed by atoms with Gasteiger partial charge in [0.25, 0.3) is 0 Å². The van der Waals surface area contributed by atoms with E-state index in [1.807, 2.05) is 36.4 Å². The molecule has 2 nitrogen and oxygen atoms in total. The molecular formula is C42H54O2S. The highest BCUT2D eigenvalue weighted by Crippen LogP contribution is 2.42. The van der Waals surface area contributed by atoms with E-state index in [1.165, 1.54) is 60.8 Å². The molecule has 0 bridgehead atoms. The van der Waals surface area contributed by atoms with Crippen LogP contribution in [0.1, 0.15) is 105 Å². The van der Waals surface area contributed by atoms with Crippen molar-refractivity contribution in [2.24, 2.45) is 10.8 Å². The van der Waals surface area contributed by atoms with Crippen LogP contribution in [0.15, 0.2) is 128 Å². The number of hydrogen-bond donors (Lipinski definition) is 0. The van der Waals surface area contributed by atoms with E-state index in [1.54, 1.807) is 12.1 Å². The molecule has 0 heterocycles. The molecule has 0 saturated heterocycles. The van der Waals surface area contributed by atoms with Crippen LogP contribution in [0.2, 0.25) is 0 Å². The number of benzene rings is 2. The quantitative estimate of drug-likeness (QED) is 0.247. The molecule has 0 N–H and O–H groups in total. The van der Waals surface area contributed by atoms with E-state index in [0.29, 0.717) is 22.6 Å². The van der Waals surface area contributed by atoms with Gasteiger partial charge in [-0.05, 0) is 124 Å². The summed E-state index contributed by atoms with van der Waals surface area (Å²) in [5.74, 6) is 0. The molecule has 2 aliphatic carbocycles. The Labute approximate surface area is 274 Å². The molecule has 45 heavy (non-hydrogen) atoms. The number of hydrogen-bond acceptors (Lipinski definition) is 2. The first-order valence-electron chi connectivity index (χ1n) is 16.7. The van der Waals surface area contributed by atoms with Crippen LogP contribution < -0.4 is 0 Å². The van der Waals surface area contributed by atoms with Gasteiger partial charge >= 0.3 is 0 Å². The lowest BCUT2D eigenvalue weighted by atomic mass is 9.72. The zero-order valence-corrected chi connectivity index (χ0v) is 29.8. The highest BCUT2D eigenvalue weighted by Gasteiger charge is 2.28. The number of rotatable bonds is 10. The largest absolute Gasteiger partial charge is 0.218 e. The number of allylic oxidation sites excluding steroid dienone is 12. The summed E-state index contributed by atoms with van der Waals surface area (Å²) < 4.78 is 28.3. The SMILES string of the molecule is CC(C=CC1=C(C)CCCC1(C)C)=CCc1ccccc1S(=O)(=O)c1ccccc1CC=C(C)C=CC1=C(C)CCCC1(C)C. The van der Waals surface area contributed by atoms with Gasteiger partial charge < -0.3 is 0 Å². The van der Waals surface area contributed by atoms with Gasteiger partial charge in [-0.2, -0.15) is 0 Å². The first-order valence-corrected chi connectivity index (χ1v) is 18.2. The van der Waals surface area contributed by atoms with Crippen molar-refractivity contribution in [1.82, 2.24) is 0 Å². The maximum atomic E-state index is 14.2. The van der Waals surface area contributed by atoms with Gasteiger partial charge in [0, 0.05) is 0 Å². The van der Waals surface area contributed by atoms with E-state index >= 15 is 0 Å². The Hall–Kier alpha value is -3.17. The van der Waals surface area contributed by atoms with Crippen LogP contribution >= 0.6 is 0 Å². The second kappa shape index (κ2) is 14.5. The van der Waals surface area contributed by atoms with Gasteiger partial charge in [0.2, 0.25) is 9.84 Å². The summed E-state index contributed by atoms with van der Waals surface area (Å²) in [5, 5.41) is 0. The van der Waals surface area contributed by atoms with Gasteiger partial charge in [-0.25, -0.2) is 8.42 Å². The fraction of sp³-hybridized carbons (Fsp3) is 0.429. The lowest BCUT2D eigenvalue weighted by Crippen LogP contribution is -2.19. The van der Waals surface area contributed by atoms with Crippen molar-refractivity contribution in [3.63, 3.8) is 0 Å². The van der Waals surface area contributed by atoms with E-state index in [-0.39, 0.29) is 10.8 Å². The fourth-order valence-corrected chi connectivity index (χ4v) is 8.86. The zero-order valence-electron chi connectivity index (χ0n) is 29.0. The van der Waals surface area contributed by atoms with Crippen molar-refractivity contribution in [3.05, 3.63) is 130 Å². The molecule has 0 atom stereocenters. The van der Waals surface area contributed by atoms with E-state index in [2.05, 4.69) is 91.8 Å². The van der Waals surface area contributed by atoms with Crippen LogP contribution in [-0.4, -0.2) is 8.42 Å². The summed E-state index contributed by atoms with van der Waals surface area (Å²) in [6, 6.07) is 14.9. The van der Waals surface area contributed by atoms with Gasteiger partial charge in [-0.3, -0.25) is 0 Å². The summed E-state index contributed by atoms with van der Waals surface area (Å²) in [6.07, 6.45) is 21.6. The molecule has 0 radical (unpaired) electrons. The summed E-state index contributed by atoms with van der Waals surface area (Å²) in [6.45, 7) is 18.0. The lowest BCUT2D eigenvalue weighted by Gasteiger charge is -2.33. The van der Waals surface area contributed by atoms with Gasteiger partial charge in [-0.1, -0.05) is 123 Å². The lowest BCUT2D eigenvalue weighted by molar-refractivity contribution is 0.376. The normalized spacial score (nSPS) is 19.6. The Balaban J connectivity index is 1.55. The molecule has 0 unspecified atom stereocenters. The Kier molecular flexibility index (Phi) is 11.2. The van der Waals surface area contributed by atoms with E-state index in [9.17, 15) is 8.42 Å². The molecule has 0 fully saturated rings. The molecule has 4 rings (SSSR count). The highest BCUT2D eigenvalue weighted by molar-refractivity contribution is 7.91. The smallest absolute Gasteiger partial charge is 0.207 e. The third-order valence-corrected chi connectivity index (χ3v) is 11.9. The molecule has 2 aliphatic rings. The van der Waals surface area contributed by atoms with Gasteiger partial charge in [-0.15, -0.1) is 0 Å². The monoisotopic (exact) mass is 622 g/mol. The molecule has 240 valence electrons. The topological polar surface area (TPSA) is 34.1 Å². The van der Waals surface area contributed by atoms with Crippen LogP contribution in [-0.2, 0) is 22.7 Å². The third kappa shape index (κ3) is 8.55. The summed E-state index contributed by atoms with van der Waals surface area (Å²) >= 11 is 0. The summed E-state index contributed by atoms with van der Waals surface area (Å²) in [7, 11) is -3.71. The average molecular weight is 623 g/mol. The summed E-state index contributed by atoms with van der Waals surface area (Å²) in [4.78, 5) is 0.778. The molecule has 0 spiro atoms. The predicted octanol–water partition coefficient (Wildman–Crippen LogP) is 11.7. The third-order valence-electron chi connectivity index (χ3n) is 9.92. The molecule has 2 aromatic carbocycles. The minimum Gasteiger partial charge on any atom is -0.218 e. The first kappa shape index (κ1) is 34.7. The van der Waals surface area contributed by atoms with E-state index in [4.69, 9.17) is 0 Å². The van der Waals surface area contributed by atoms with Crippen molar-refractivity contribution in [2.45, 2.75) is 117 Å². The molecule has 0 aromatic heterocycles. The molecule has 0 aliphatic heterocycles. The Bertz CT molecular complexity index is 1560. The van der Waals surface area contributed by atoms with Gasteiger partial charge in [0.1, 0.15) is 0 Å². The average Bonchev–Trinajstić information content (AvgIpc) is 2.98. The van der Waals surface area contributed by atoms with Crippen molar-refractivity contribution in [1.29, 1.82) is 0 Å². The Morgan fingerprint density at radius 2 is 1.04 bits per heavy atom. The standard InChI is InChI=1S/C42H54O2S/c1-31(23-27-37-33(3)15-13-29-41(37,5)6)21-25-35-17-9-11-19-39(35)45(43,44)40-20-12-10-18-36(40)26-22-32(2)24-28-38-34(4)16-14-30-42(38,7)8/h9-12,17-24,27-28H,13-16,25-26,29-30H2,1-8H3. The Morgan fingerprint density at radius 3 is 1.42 bits per heavy atom. The van der Waals surface area contributed by atoms with Crippen molar-refractivity contribution in [3.8, 4) is 0 Å². The summed E-state index contributed by atoms with van der Waals surface area (Å²) in [5.41, 5.74) is 10.1. The second-order valence-electron chi connectivity index (χ2n) is 14.6. The van der Waals surface area contributed by atoms with Gasteiger partial charge in [0.05, 0.1) is 9.79 Å². The molecular weight excluding hydrogens is 569 g/mol. The second-order valence-corrected chi connectivity index (χ2v) is 16.4. The van der Waals surface area contributed by atoms with E-state index < -0.39 is 9.84 Å². The van der Waals surface area contributed by atoms with Crippen LogP contribution in [0.3, 0.4) is 0 Å². The van der Waals surface area contributed by atoms with Crippen LogP contribution in [0, 0.1) is 10.8 Å². The van der Waals surface area contributed by atoms with Crippen LogP contribution in [0.25, 0.3) is 0 Å². The maximum Gasteiger partial charge on any atom is 0.207 e. The highest BCUT2D eigenvalue weighted by atomic mass is 32.2. The molecule has 0 saturated carbocycles. The van der Waals surface area contributed by atoms with Crippen molar-refractivity contribution >= 4 is 9.84 Å². The molecule has 0 amide bonds. The molecule has 3 heteroatoms. The Morgan fingerprint density at radius 1 is 0.667 bits per heavy atom. The van der Waals surface area contributed by atoms with Crippen molar-refractivity contribution < 1.29 is 8.42 Å². The maximum absolute atomic E-state index is 14.2. The first-order chi connectivity index (χ1) is 21.2.